The Kier molecular flexibility index (Phi) is 5.00. The highest BCUT2D eigenvalue weighted by atomic mass is 79.9. The van der Waals surface area contributed by atoms with E-state index in [4.69, 9.17) is 0 Å². The van der Waals surface area contributed by atoms with E-state index in [0.29, 0.717) is 17.8 Å². The van der Waals surface area contributed by atoms with Crippen LogP contribution in [0.4, 0.5) is 0 Å². The van der Waals surface area contributed by atoms with Crippen LogP contribution in [0.15, 0.2) is 56.5 Å². The lowest BCUT2D eigenvalue weighted by Gasteiger charge is -2.31. The van der Waals surface area contributed by atoms with E-state index >= 15 is 0 Å². The Balaban J connectivity index is 1.81. The highest BCUT2D eigenvalue weighted by Crippen LogP contribution is 2.53. The Hall–Kier alpha value is -1.12. The second kappa shape index (κ2) is 7.13. The van der Waals surface area contributed by atoms with Gasteiger partial charge in [-0.25, -0.2) is 0 Å². The van der Waals surface area contributed by atoms with Crippen LogP contribution < -0.4 is 0 Å². The molecular formula is C24H24Br2. The lowest BCUT2D eigenvalue weighted by atomic mass is 9.72. The van der Waals surface area contributed by atoms with Crippen molar-refractivity contribution in [2.45, 2.75) is 45.4 Å². The third kappa shape index (κ3) is 2.77. The van der Waals surface area contributed by atoms with E-state index in [1.165, 1.54) is 31.2 Å². The first-order valence-electron chi connectivity index (χ1n) is 9.54. The average Bonchev–Trinajstić information content (AvgIpc) is 3.21. The van der Waals surface area contributed by atoms with Crippen LogP contribution in [-0.4, -0.2) is 0 Å². The van der Waals surface area contributed by atoms with E-state index in [1.54, 1.807) is 11.1 Å². The van der Waals surface area contributed by atoms with Gasteiger partial charge in [0.25, 0.3) is 0 Å². The van der Waals surface area contributed by atoms with E-state index in [-0.39, 0.29) is 0 Å². The number of allylic oxidation sites excluding steroid dienone is 2. The lowest BCUT2D eigenvalue weighted by Crippen LogP contribution is -2.19. The molecule has 2 unspecified atom stereocenters. The molecule has 0 heterocycles. The molecule has 0 aliphatic heterocycles. The van der Waals surface area contributed by atoms with Gasteiger partial charge in [-0.15, -0.1) is 0 Å². The number of fused-ring (bicyclic) bond motifs is 2. The molecule has 2 aromatic rings. The monoisotopic (exact) mass is 470 g/mol. The maximum Gasteiger partial charge on any atom is 0.0250 e. The molecule has 4 rings (SSSR count). The van der Waals surface area contributed by atoms with Crippen LogP contribution in [0.3, 0.4) is 0 Å². The molecule has 0 aromatic heterocycles. The average molecular weight is 472 g/mol. The molecular weight excluding hydrogens is 448 g/mol. The van der Waals surface area contributed by atoms with Gasteiger partial charge in [-0.05, 0) is 53.1 Å². The molecule has 0 nitrogen and oxygen atoms in total. The van der Waals surface area contributed by atoms with Crippen LogP contribution in [0, 0.1) is 5.92 Å². The minimum Gasteiger partial charge on any atom is -0.0620 e. The molecule has 0 spiro atoms. The Bertz CT molecular complexity index is 844. The van der Waals surface area contributed by atoms with Gasteiger partial charge in [-0.2, -0.15) is 0 Å². The maximum absolute atomic E-state index is 3.76. The number of benzene rings is 2. The predicted molar refractivity (Wildman–Crippen MR) is 119 cm³/mol. The van der Waals surface area contributed by atoms with Gasteiger partial charge in [-0.1, -0.05) is 100 Å². The highest BCUT2D eigenvalue weighted by Gasteiger charge is 2.38. The summed E-state index contributed by atoms with van der Waals surface area (Å²) in [6.45, 7) is 7.04. The topological polar surface area (TPSA) is 0 Å². The van der Waals surface area contributed by atoms with Crippen LogP contribution in [0.5, 0.6) is 0 Å². The van der Waals surface area contributed by atoms with Crippen molar-refractivity contribution < 1.29 is 0 Å². The quantitative estimate of drug-likeness (QED) is 0.420. The van der Waals surface area contributed by atoms with Crippen molar-refractivity contribution >= 4 is 44.0 Å². The summed E-state index contributed by atoms with van der Waals surface area (Å²) in [5.41, 5.74) is 8.88. The van der Waals surface area contributed by atoms with Crippen LogP contribution in [0.25, 0.3) is 12.2 Å². The van der Waals surface area contributed by atoms with Gasteiger partial charge in [0.2, 0.25) is 0 Å². The molecule has 2 aliphatic rings. The summed E-state index contributed by atoms with van der Waals surface area (Å²) in [7, 11) is 0. The van der Waals surface area contributed by atoms with Crippen LogP contribution >= 0.6 is 31.9 Å². The normalized spacial score (nSPS) is 21.9. The summed E-state index contributed by atoms with van der Waals surface area (Å²) >= 11 is 7.53. The molecule has 0 amide bonds. The first-order valence-corrected chi connectivity index (χ1v) is 11.1. The Morgan fingerprint density at radius 3 is 1.58 bits per heavy atom. The summed E-state index contributed by atoms with van der Waals surface area (Å²) in [6, 6.07) is 13.3. The SMILES string of the molecule is CCC1=Cc2c(Br)cccc2C1C(C)C1C(CC)=Cc2c(Br)cccc21. The molecule has 2 atom stereocenters. The second-order valence-electron chi connectivity index (χ2n) is 7.45. The highest BCUT2D eigenvalue weighted by molar-refractivity contribution is 9.10. The fraction of sp³-hybridized carbons (Fsp3) is 0.333. The van der Waals surface area contributed by atoms with Crippen LogP contribution in [-0.2, 0) is 0 Å². The molecule has 0 bridgehead atoms. The summed E-state index contributed by atoms with van der Waals surface area (Å²) in [6.07, 6.45) is 7.07. The summed E-state index contributed by atoms with van der Waals surface area (Å²) in [5, 5.41) is 0. The van der Waals surface area contributed by atoms with Crippen molar-refractivity contribution in [1.29, 1.82) is 0 Å². The van der Waals surface area contributed by atoms with E-state index in [0.717, 1.165) is 12.8 Å². The standard InChI is InChI=1S/C24H24Br2/c1-4-15-12-19-17(8-6-10-21(19)25)23(15)14(3)24-16(5-2)13-20-18(24)9-7-11-22(20)26/h6-14,23-24H,4-5H2,1-3H3. The molecule has 2 heteroatoms. The van der Waals surface area contributed by atoms with Crippen molar-refractivity contribution in [3.05, 3.63) is 78.7 Å². The largest absolute Gasteiger partial charge is 0.0620 e. The Morgan fingerprint density at radius 1 is 0.769 bits per heavy atom. The fourth-order valence-electron chi connectivity index (χ4n) is 4.98. The number of hydrogen-bond acceptors (Lipinski definition) is 0. The Labute approximate surface area is 173 Å². The van der Waals surface area contributed by atoms with Gasteiger partial charge in [0.05, 0.1) is 0 Å². The van der Waals surface area contributed by atoms with Crippen molar-refractivity contribution in [3.8, 4) is 0 Å². The molecule has 0 radical (unpaired) electrons. The van der Waals surface area contributed by atoms with Crippen molar-refractivity contribution in [1.82, 2.24) is 0 Å². The molecule has 134 valence electrons. The zero-order valence-electron chi connectivity index (χ0n) is 15.5. The van der Waals surface area contributed by atoms with Crippen molar-refractivity contribution in [3.63, 3.8) is 0 Å². The van der Waals surface area contributed by atoms with Crippen molar-refractivity contribution in [2.75, 3.05) is 0 Å². The molecule has 26 heavy (non-hydrogen) atoms. The summed E-state index contributed by atoms with van der Waals surface area (Å²) in [5.74, 6) is 1.54. The first-order chi connectivity index (χ1) is 12.6. The first kappa shape index (κ1) is 18.3. The summed E-state index contributed by atoms with van der Waals surface area (Å²) in [4.78, 5) is 0. The molecule has 2 aromatic carbocycles. The van der Waals surface area contributed by atoms with Gasteiger partial charge in [-0.3, -0.25) is 0 Å². The van der Waals surface area contributed by atoms with E-state index in [1.807, 2.05) is 0 Å². The number of halogens is 2. The summed E-state index contributed by atoms with van der Waals surface area (Å²) < 4.78 is 2.44. The smallest absolute Gasteiger partial charge is 0.0250 e. The minimum absolute atomic E-state index is 0.498. The van der Waals surface area contributed by atoms with E-state index < -0.39 is 0 Å². The molecule has 0 saturated carbocycles. The van der Waals surface area contributed by atoms with Gasteiger partial charge in [0.15, 0.2) is 0 Å². The van der Waals surface area contributed by atoms with Crippen LogP contribution in [0.1, 0.15) is 67.7 Å². The third-order valence-corrected chi connectivity index (χ3v) is 7.55. The third-order valence-electron chi connectivity index (χ3n) is 6.17. The molecule has 0 saturated heterocycles. The predicted octanol–water partition coefficient (Wildman–Crippen LogP) is 8.33. The zero-order valence-corrected chi connectivity index (χ0v) is 18.7. The molecule has 0 N–H and O–H groups in total. The maximum atomic E-state index is 3.76. The molecule has 2 aliphatic carbocycles. The number of hydrogen-bond donors (Lipinski definition) is 0. The lowest BCUT2D eigenvalue weighted by molar-refractivity contribution is 0.445. The second-order valence-corrected chi connectivity index (χ2v) is 9.15. The Morgan fingerprint density at radius 2 is 1.19 bits per heavy atom. The van der Waals surface area contributed by atoms with E-state index in [9.17, 15) is 0 Å². The van der Waals surface area contributed by atoms with Gasteiger partial charge in [0, 0.05) is 20.8 Å². The zero-order chi connectivity index (χ0) is 18.4. The minimum atomic E-state index is 0.498. The van der Waals surface area contributed by atoms with Gasteiger partial charge >= 0.3 is 0 Å². The molecule has 0 fully saturated rings. The van der Waals surface area contributed by atoms with Gasteiger partial charge < -0.3 is 0 Å². The fourth-order valence-corrected chi connectivity index (χ4v) is 5.97. The van der Waals surface area contributed by atoms with Gasteiger partial charge in [0.1, 0.15) is 0 Å². The van der Waals surface area contributed by atoms with Crippen LogP contribution in [0.2, 0.25) is 0 Å². The van der Waals surface area contributed by atoms with Crippen molar-refractivity contribution in [2.24, 2.45) is 5.92 Å². The number of rotatable bonds is 4. The van der Waals surface area contributed by atoms with E-state index in [2.05, 4.69) is 101 Å².